The van der Waals surface area contributed by atoms with Gasteiger partial charge in [0.2, 0.25) is 5.82 Å². The zero-order valence-corrected chi connectivity index (χ0v) is 20.4. The summed E-state index contributed by atoms with van der Waals surface area (Å²) in [7, 11) is -3.31. The monoisotopic (exact) mass is 501 g/mol. The Morgan fingerprint density at radius 1 is 0.697 bits per heavy atom. The number of hydrogen-bond donors (Lipinski definition) is 0. The van der Waals surface area contributed by atoms with Gasteiger partial charge in [0.05, 0.1) is 26.7 Å². The molecule has 0 radical (unpaired) electrons. The Bertz CT molecular complexity index is 814. The number of halogens is 5. The van der Waals surface area contributed by atoms with E-state index in [0.29, 0.717) is 0 Å². The Hall–Kier alpha value is -1.26. The van der Waals surface area contributed by atoms with E-state index in [0.717, 1.165) is 0 Å². The van der Waals surface area contributed by atoms with Crippen LogP contribution in [0.1, 0.15) is 84.0 Å². The average Bonchev–Trinajstić information content (AvgIpc) is 3.18. The number of likely N-dealkylation sites (tertiary alicyclic amines) is 1. The molecule has 0 unspecified atom stereocenters. The van der Waals surface area contributed by atoms with Crippen molar-refractivity contribution in [2.75, 3.05) is 26.7 Å². The summed E-state index contributed by atoms with van der Waals surface area (Å²) >= 11 is 0. The number of quaternary nitrogens is 1. The lowest BCUT2D eigenvalue weighted by Gasteiger charge is -2.29. The van der Waals surface area contributed by atoms with Gasteiger partial charge in [-0.15, -0.1) is 0 Å². The molecule has 1 fully saturated rings. The molecule has 0 bridgehead atoms. The smallest absolute Gasteiger partial charge is 0.200 e. The molecule has 1 aliphatic rings. The van der Waals surface area contributed by atoms with Gasteiger partial charge in [-0.25, -0.2) is 30.4 Å². The number of benzene rings is 1. The van der Waals surface area contributed by atoms with E-state index in [2.05, 4.69) is 14.0 Å². The van der Waals surface area contributed by atoms with Gasteiger partial charge in [-0.05, 0) is 12.8 Å². The topological polar surface area (TPSA) is 57.2 Å². The predicted octanol–water partition coefficient (Wildman–Crippen LogP) is 6.43. The first kappa shape index (κ1) is 29.8. The van der Waals surface area contributed by atoms with Gasteiger partial charge in [-0.2, -0.15) is 0 Å². The van der Waals surface area contributed by atoms with Gasteiger partial charge in [0.25, 0.3) is 0 Å². The average molecular weight is 502 g/mol. The molecule has 0 aromatic heterocycles. The van der Waals surface area contributed by atoms with Crippen LogP contribution >= 0.6 is 0 Å². The highest BCUT2D eigenvalue weighted by Gasteiger charge is 2.29. The largest absolute Gasteiger partial charge is 0.744 e. The van der Waals surface area contributed by atoms with Crippen LogP contribution in [0.4, 0.5) is 22.0 Å². The van der Waals surface area contributed by atoms with Gasteiger partial charge in [-0.3, -0.25) is 0 Å². The van der Waals surface area contributed by atoms with Crippen molar-refractivity contribution in [2.24, 2.45) is 0 Å². The second kappa shape index (κ2) is 14.2. The van der Waals surface area contributed by atoms with Gasteiger partial charge in [0, 0.05) is 12.8 Å². The summed E-state index contributed by atoms with van der Waals surface area (Å²) in [5.74, 6) is -12.8. The lowest BCUT2D eigenvalue weighted by Crippen LogP contribution is -2.41. The summed E-state index contributed by atoms with van der Waals surface area (Å²) in [6, 6.07) is 0. The Morgan fingerprint density at radius 2 is 1.06 bits per heavy atom. The fourth-order valence-corrected chi connectivity index (χ4v) is 4.73. The van der Waals surface area contributed by atoms with Crippen LogP contribution in [-0.4, -0.2) is 44.1 Å². The third-order valence-corrected chi connectivity index (χ3v) is 6.98. The molecule has 1 aromatic rings. The lowest BCUT2D eigenvalue weighted by molar-refractivity contribution is -0.897. The minimum Gasteiger partial charge on any atom is -0.744 e. The minimum absolute atomic E-state index is 1.37. The van der Waals surface area contributed by atoms with Crippen molar-refractivity contribution < 1.29 is 39.4 Å². The third-order valence-electron chi connectivity index (χ3n) is 6.12. The maximum Gasteiger partial charge on any atom is 0.200 e. The van der Waals surface area contributed by atoms with E-state index in [4.69, 9.17) is 0 Å². The van der Waals surface area contributed by atoms with Gasteiger partial charge >= 0.3 is 0 Å². The van der Waals surface area contributed by atoms with E-state index in [1.807, 2.05) is 0 Å². The molecular weight excluding hydrogens is 465 g/mol. The molecule has 0 aliphatic carbocycles. The first-order valence-electron chi connectivity index (χ1n) is 11.8. The summed E-state index contributed by atoms with van der Waals surface area (Å²) in [4.78, 5) is -2.38. The molecule has 0 spiro atoms. The summed E-state index contributed by atoms with van der Waals surface area (Å²) in [5.41, 5.74) is 0. The van der Waals surface area contributed by atoms with Gasteiger partial charge < -0.3 is 9.04 Å². The predicted molar refractivity (Wildman–Crippen MR) is 116 cm³/mol. The van der Waals surface area contributed by atoms with E-state index in [1.165, 1.54) is 101 Å². The van der Waals surface area contributed by atoms with Crippen molar-refractivity contribution in [1.82, 2.24) is 0 Å². The van der Waals surface area contributed by atoms with Gasteiger partial charge in [0.15, 0.2) is 23.3 Å². The lowest BCUT2D eigenvalue weighted by atomic mass is 10.1. The molecule has 0 saturated carbocycles. The van der Waals surface area contributed by atoms with Crippen LogP contribution in [0.15, 0.2) is 4.90 Å². The fraction of sp³-hybridized carbons (Fsp3) is 0.739. The fourth-order valence-electron chi connectivity index (χ4n) is 4.11. The molecule has 192 valence electrons. The van der Waals surface area contributed by atoms with E-state index in [-0.39, 0.29) is 0 Å². The zero-order valence-electron chi connectivity index (χ0n) is 19.6. The molecule has 4 nitrogen and oxygen atoms in total. The Balaban J connectivity index is 0.000000335. The molecule has 1 aliphatic heterocycles. The molecule has 0 N–H and O–H groups in total. The third kappa shape index (κ3) is 9.86. The van der Waals surface area contributed by atoms with Crippen LogP contribution in [-0.2, 0) is 10.1 Å². The molecule has 1 saturated heterocycles. The van der Waals surface area contributed by atoms with Crippen LogP contribution in [0.5, 0.6) is 0 Å². The number of hydrogen-bond acceptors (Lipinski definition) is 3. The standard InChI is InChI=1S/C17H36N.C6HF5O3S/c1-3-4-5-6-7-8-9-10-11-12-15-18(2)16-13-14-17-18;7-1-2(8)4(10)6(15(12,13)14)5(11)3(1)9/h3-17H2,1-2H3;(H,12,13,14)/q+1;/p-1. The Kier molecular flexibility index (Phi) is 12.8. The highest BCUT2D eigenvalue weighted by atomic mass is 32.2. The molecule has 10 heteroatoms. The van der Waals surface area contributed by atoms with Crippen LogP contribution in [0, 0.1) is 29.1 Å². The van der Waals surface area contributed by atoms with Crippen LogP contribution in [0.25, 0.3) is 0 Å². The number of unbranched alkanes of at least 4 members (excludes halogenated alkanes) is 9. The highest BCUT2D eigenvalue weighted by Crippen LogP contribution is 2.26. The second-order valence-electron chi connectivity index (χ2n) is 9.03. The second-order valence-corrected chi connectivity index (χ2v) is 10.3. The highest BCUT2D eigenvalue weighted by molar-refractivity contribution is 7.85. The van der Waals surface area contributed by atoms with Gasteiger partial charge in [-0.1, -0.05) is 58.3 Å². The molecule has 1 heterocycles. The molecule has 2 rings (SSSR count). The maximum absolute atomic E-state index is 12.6. The first-order valence-corrected chi connectivity index (χ1v) is 13.2. The number of nitrogens with zero attached hydrogens (tertiary/aromatic N) is 1. The molecular formula is C23H36F5NO3S. The quantitative estimate of drug-likeness (QED) is 0.0828. The van der Waals surface area contributed by atoms with E-state index >= 15 is 0 Å². The first-order chi connectivity index (χ1) is 15.4. The van der Waals surface area contributed by atoms with Crippen molar-refractivity contribution in [3.8, 4) is 0 Å². The molecule has 0 atom stereocenters. The summed E-state index contributed by atoms with van der Waals surface area (Å²) < 4.78 is 94.3. The Labute approximate surface area is 194 Å². The van der Waals surface area contributed by atoms with Crippen LogP contribution < -0.4 is 0 Å². The summed E-state index contributed by atoms with van der Waals surface area (Å²) in [5, 5.41) is 0. The molecule has 1 aromatic carbocycles. The van der Waals surface area contributed by atoms with Crippen molar-refractivity contribution in [3.63, 3.8) is 0 Å². The van der Waals surface area contributed by atoms with E-state index in [1.54, 1.807) is 0 Å². The van der Waals surface area contributed by atoms with Crippen LogP contribution in [0.3, 0.4) is 0 Å². The molecule has 33 heavy (non-hydrogen) atoms. The van der Waals surface area contributed by atoms with Crippen LogP contribution in [0.2, 0.25) is 0 Å². The van der Waals surface area contributed by atoms with Crippen molar-refractivity contribution in [3.05, 3.63) is 29.1 Å². The minimum atomic E-state index is -5.77. The van der Waals surface area contributed by atoms with Crippen molar-refractivity contribution in [1.29, 1.82) is 0 Å². The normalized spacial score (nSPS) is 15.4. The number of rotatable bonds is 12. The summed E-state index contributed by atoms with van der Waals surface area (Å²) in [6.45, 7) is 6.62. The molecule has 0 amide bonds. The van der Waals surface area contributed by atoms with E-state index < -0.39 is 44.1 Å². The summed E-state index contributed by atoms with van der Waals surface area (Å²) in [6.07, 6.45) is 17.5. The van der Waals surface area contributed by atoms with E-state index in [9.17, 15) is 34.9 Å². The Morgan fingerprint density at radius 3 is 1.45 bits per heavy atom. The van der Waals surface area contributed by atoms with Crippen molar-refractivity contribution >= 4 is 10.1 Å². The SMILES string of the molecule is CCCCCCCCCCCC[N+]1(C)CCCC1.O=S(=O)([O-])c1c(F)c(F)c(F)c(F)c1F. The zero-order chi connectivity index (χ0) is 25.1. The maximum atomic E-state index is 12.6. The van der Waals surface area contributed by atoms with Gasteiger partial charge in [0.1, 0.15) is 15.0 Å². The van der Waals surface area contributed by atoms with Crippen molar-refractivity contribution in [2.45, 2.75) is 88.9 Å².